The summed E-state index contributed by atoms with van der Waals surface area (Å²) in [7, 11) is 3.18. The molecule has 3 amide bonds. The molecule has 3 aromatic rings. The first-order valence-corrected chi connectivity index (χ1v) is 15.2. The summed E-state index contributed by atoms with van der Waals surface area (Å²) in [5.41, 5.74) is 3.97. The largest absolute Gasteiger partial charge is 0.416 e. The van der Waals surface area contributed by atoms with E-state index in [0.717, 1.165) is 45.1 Å². The number of ether oxygens (including phenoxy) is 1. The van der Waals surface area contributed by atoms with E-state index < -0.39 is 35.5 Å². The number of pyridine rings is 2. The van der Waals surface area contributed by atoms with Crippen molar-refractivity contribution in [3.63, 3.8) is 0 Å². The third-order valence-electron chi connectivity index (χ3n) is 9.12. The van der Waals surface area contributed by atoms with Crippen molar-refractivity contribution in [1.29, 1.82) is 0 Å². The van der Waals surface area contributed by atoms with E-state index in [1.54, 1.807) is 25.3 Å². The fourth-order valence-electron chi connectivity index (χ4n) is 7.07. The minimum Gasteiger partial charge on any atom is -0.382 e. The highest BCUT2D eigenvalue weighted by atomic mass is 19.4. The molecular formula is C34H35F3N6O4. The van der Waals surface area contributed by atoms with Gasteiger partial charge < -0.3 is 19.4 Å². The highest BCUT2D eigenvalue weighted by molar-refractivity contribution is 6.10. The number of halogens is 3. The number of fused-ring (bicyclic) bond motifs is 3. The monoisotopic (exact) mass is 648 g/mol. The topological polar surface area (TPSA) is 99.2 Å². The SMILES string of the molecule is C=CC(=O)N1Cc2cc(CN3C[C@H]4CC(=O)N(c5cc(C(F)(F)F)cc(C)n5)[C@@H]4C(=O)N(C)c4cccc(C)c43)cnc2C1COC. The van der Waals surface area contributed by atoms with Crippen molar-refractivity contribution in [3.05, 3.63) is 88.9 Å². The maximum atomic E-state index is 14.1. The average Bonchev–Trinajstić information content (AvgIpc) is 3.54. The number of benzene rings is 1. The number of nitrogens with zero attached hydrogens (tertiary/aromatic N) is 6. The average molecular weight is 649 g/mol. The molecule has 47 heavy (non-hydrogen) atoms. The predicted molar refractivity (Wildman–Crippen MR) is 169 cm³/mol. The van der Waals surface area contributed by atoms with Crippen LogP contribution < -0.4 is 14.7 Å². The van der Waals surface area contributed by atoms with Gasteiger partial charge in [0.25, 0.3) is 0 Å². The Balaban J connectivity index is 1.39. The van der Waals surface area contributed by atoms with Crippen molar-refractivity contribution in [1.82, 2.24) is 14.9 Å². The van der Waals surface area contributed by atoms with Crippen LogP contribution in [0.25, 0.3) is 0 Å². The number of alkyl halides is 3. The highest BCUT2D eigenvalue weighted by Gasteiger charge is 2.49. The van der Waals surface area contributed by atoms with Crippen molar-refractivity contribution in [2.45, 2.75) is 51.6 Å². The summed E-state index contributed by atoms with van der Waals surface area (Å²) >= 11 is 0. The lowest BCUT2D eigenvalue weighted by atomic mass is 9.94. The van der Waals surface area contributed by atoms with E-state index in [2.05, 4.69) is 16.5 Å². The normalized spacial score (nSPS) is 21.0. The van der Waals surface area contributed by atoms with Gasteiger partial charge in [-0.25, -0.2) is 4.98 Å². The number of para-hydroxylation sites is 1. The van der Waals surface area contributed by atoms with Gasteiger partial charge >= 0.3 is 6.18 Å². The molecule has 0 radical (unpaired) electrons. The van der Waals surface area contributed by atoms with Gasteiger partial charge in [-0.1, -0.05) is 18.7 Å². The second-order valence-electron chi connectivity index (χ2n) is 12.3. The molecule has 1 fully saturated rings. The van der Waals surface area contributed by atoms with Crippen molar-refractivity contribution < 1.29 is 32.3 Å². The number of likely N-dealkylation sites (N-methyl/N-ethyl adjacent to an activating group) is 1. The van der Waals surface area contributed by atoms with Gasteiger partial charge in [0.05, 0.1) is 35.3 Å². The fourth-order valence-corrected chi connectivity index (χ4v) is 7.07. The lowest BCUT2D eigenvalue weighted by molar-refractivity contribution is -0.137. The zero-order chi connectivity index (χ0) is 33.8. The summed E-state index contributed by atoms with van der Waals surface area (Å²) in [4.78, 5) is 55.7. The number of amides is 3. The maximum Gasteiger partial charge on any atom is 0.416 e. The van der Waals surface area contributed by atoms with E-state index in [1.165, 1.54) is 17.9 Å². The first kappa shape index (κ1) is 32.2. The number of anilines is 3. The Morgan fingerprint density at radius 2 is 1.94 bits per heavy atom. The number of aromatic nitrogens is 2. The summed E-state index contributed by atoms with van der Waals surface area (Å²) in [5, 5.41) is 0. The first-order chi connectivity index (χ1) is 22.3. The maximum absolute atomic E-state index is 14.1. The zero-order valence-corrected chi connectivity index (χ0v) is 26.5. The molecule has 5 heterocycles. The molecule has 2 aromatic heterocycles. The molecule has 0 saturated carbocycles. The van der Waals surface area contributed by atoms with E-state index >= 15 is 0 Å². The summed E-state index contributed by atoms with van der Waals surface area (Å²) in [6.07, 6.45) is -1.67. The number of carbonyl (C=O) groups excluding carboxylic acids is 3. The molecular weight excluding hydrogens is 613 g/mol. The van der Waals surface area contributed by atoms with Gasteiger partial charge in [-0.2, -0.15) is 13.2 Å². The van der Waals surface area contributed by atoms with Crippen LogP contribution in [0.3, 0.4) is 0 Å². The van der Waals surface area contributed by atoms with Crippen LogP contribution in [-0.4, -0.2) is 65.9 Å². The van der Waals surface area contributed by atoms with Crippen LogP contribution in [0.5, 0.6) is 0 Å². The molecule has 1 saturated heterocycles. The lowest BCUT2D eigenvalue weighted by Gasteiger charge is -2.39. The number of hydrogen-bond acceptors (Lipinski definition) is 7. The second kappa shape index (κ2) is 12.1. The van der Waals surface area contributed by atoms with Crippen LogP contribution in [0, 0.1) is 19.8 Å². The van der Waals surface area contributed by atoms with Crippen molar-refractivity contribution in [2.24, 2.45) is 5.92 Å². The standard InChI is InChI=1S/C34H35F3N6O4/c1-6-28(44)42-17-22-11-21(14-38-30(22)26(42)18-47-5)15-41-16-23-12-29(45)43(27-13-24(34(35,36)37)10-20(3)39-27)32(23)33(46)40(4)25-9-7-8-19(2)31(25)41/h6-11,13-14,23,26,32H,1,12,15-18H2,2-5H3/t23-,26?,32+/m1/s1. The first-order valence-electron chi connectivity index (χ1n) is 15.2. The van der Waals surface area contributed by atoms with Crippen LogP contribution in [0.2, 0.25) is 0 Å². The molecule has 0 N–H and O–H groups in total. The van der Waals surface area contributed by atoms with Gasteiger partial charge in [-0.05, 0) is 60.9 Å². The molecule has 1 unspecified atom stereocenters. The Morgan fingerprint density at radius 3 is 2.64 bits per heavy atom. The van der Waals surface area contributed by atoms with Gasteiger partial charge in [0, 0.05) is 58.0 Å². The Kier molecular flexibility index (Phi) is 8.29. The summed E-state index contributed by atoms with van der Waals surface area (Å²) in [6.45, 7) is 8.26. The number of aryl methyl sites for hydroxylation is 2. The van der Waals surface area contributed by atoms with Crippen molar-refractivity contribution in [2.75, 3.05) is 42.0 Å². The van der Waals surface area contributed by atoms with E-state index in [1.807, 2.05) is 31.2 Å². The van der Waals surface area contributed by atoms with E-state index in [9.17, 15) is 27.6 Å². The molecule has 10 nitrogen and oxygen atoms in total. The summed E-state index contributed by atoms with van der Waals surface area (Å²) < 4.78 is 46.6. The van der Waals surface area contributed by atoms with Crippen LogP contribution in [0.15, 0.2) is 55.3 Å². The quantitative estimate of drug-likeness (QED) is 0.357. The Morgan fingerprint density at radius 1 is 1.17 bits per heavy atom. The molecule has 6 rings (SSSR count). The Bertz CT molecular complexity index is 1780. The highest BCUT2D eigenvalue weighted by Crippen LogP contribution is 2.42. The van der Waals surface area contributed by atoms with Gasteiger partial charge in [0.2, 0.25) is 17.7 Å². The molecule has 0 aliphatic carbocycles. The van der Waals surface area contributed by atoms with E-state index in [0.29, 0.717) is 18.8 Å². The van der Waals surface area contributed by atoms with E-state index in [4.69, 9.17) is 9.72 Å². The number of methoxy groups -OCH3 is 1. The minimum atomic E-state index is -4.65. The van der Waals surface area contributed by atoms with Crippen LogP contribution in [0.4, 0.5) is 30.4 Å². The third kappa shape index (κ3) is 5.73. The molecule has 1 aromatic carbocycles. The van der Waals surface area contributed by atoms with Crippen molar-refractivity contribution >= 4 is 34.9 Å². The number of hydrogen-bond donors (Lipinski definition) is 0. The summed E-state index contributed by atoms with van der Waals surface area (Å²) in [5.74, 6) is -1.83. The fraction of sp³-hybridized carbons (Fsp3) is 0.382. The van der Waals surface area contributed by atoms with Crippen LogP contribution in [-0.2, 0) is 38.4 Å². The Hall–Kier alpha value is -4.78. The van der Waals surface area contributed by atoms with Crippen LogP contribution >= 0.6 is 0 Å². The smallest absolute Gasteiger partial charge is 0.382 e. The molecule has 246 valence electrons. The van der Waals surface area contributed by atoms with Crippen molar-refractivity contribution in [3.8, 4) is 0 Å². The van der Waals surface area contributed by atoms with Crippen LogP contribution in [0.1, 0.15) is 46.1 Å². The lowest BCUT2D eigenvalue weighted by Crippen LogP contribution is -2.52. The van der Waals surface area contributed by atoms with Gasteiger partial charge in [-0.3, -0.25) is 24.3 Å². The molecule has 3 atom stereocenters. The minimum absolute atomic E-state index is 0.0430. The van der Waals surface area contributed by atoms with E-state index in [-0.39, 0.29) is 43.0 Å². The molecule has 13 heteroatoms. The molecule has 3 aliphatic rings. The Labute approximate surface area is 270 Å². The molecule has 0 bridgehead atoms. The van der Waals surface area contributed by atoms with Gasteiger partial charge in [0.15, 0.2) is 0 Å². The second-order valence-corrected chi connectivity index (χ2v) is 12.3. The summed E-state index contributed by atoms with van der Waals surface area (Å²) in [6, 6.07) is 7.95. The van der Waals surface area contributed by atoms with Gasteiger partial charge in [-0.15, -0.1) is 0 Å². The van der Waals surface area contributed by atoms with Gasteiger partial charge in [0.1, 0.15) is 11.9 Å². The number of carbonyl (C=O) groups is 3. The predicted octanol–water partition coefficient (Wildman–Crippen LogP) is 4.73. The molecule has 0 spiro atoms. The number of rotatable bonds is 6. The molecule has 3 aliphatic heterocycles. The third-order valence-corrected chi connectivity index (χ3v) is 9.12. The zero-order valence-electron chi connectivity index (χ0n) is 26.5.